The van der Waals surface area contributed by atoms with Gasteiger partial charge < -0.3 is 15.4 Å². The number of nitrogens with one attached hydrogen (secondary N) is 3. The summed E-state index contributed by atoms with van der Waals surface area (Å²) < 4.78 is 46.5. The number of H-pyrrole nitrogens is 1. The summed E-state index contributed by atoms with van der Waals surface area (Å²) in [6.45, 7) is 1.92. The molecule has 4 aromatic heterocycles. The first-order valence-corrected chi connectivity index (χ1v) is 15.7. The third kappa shape index (κ3) is 7.69. The zero-order chi connectivity index (χ0) is 34.5. The molecule has 1 aromatic carbocycles. The molecule has 1 aliphatic rings. The number of rotatable bonds is 9. The molecule has 1 saturated carbocycles. The Labute approximate surface area is 283 Å². The van der Waals surface area contributed by atoms with E-state index in [-0.39, 0.29) is 40.8 Å². The van der Waals surface area contributed by atoms with Crippen molar-refractivity contribution >= 4 is 29.4 Å². The maximum absolute atomic E-state index is 13.8. The van der Waals surface area contributed by atoms with Crippen molar-refractivity contribution in [2.75, 3.05) is 17.3 Å². The topological polar surface area (TPSA) is 160 Å². The highest BCUT2D eigenvalue weighted by Gasteiger charge is 2.37. The summed E-state index contributed by atoms with van der Waals surface area (Å²) in [7, 11) is 1.47. The van der Waals surface area contributed by atoms with Gasteiger partial charge in [-0.15, -0.1) is 0 Å². The van der Waals surface area contributed by atoms with Gasteiger partial charge in [-0.1, -0.05) is 41.9 Å². The fourth-order valence-electron chi connectivity index (χ4n) is 5.54. The van der Waals surface area contributed by atoms with Crippen LogP contribution >= 0.6 is 11.6 Å². The van der Waals surface area contributed by atoms with E-state index in [1.165, 1.54) is 13.3 Å². The van der Waals surface area contributed by atoms with Crippen molar-refractivity contribution in [2.24, 2.45) is 0 Å². The van der Waals surface area contributed by atoms with Crippen molar-refractivity contribution in [2.45, 2.75) is 57.4 Å². The molecule has 254 valence electrons. The number of anilines is 2. The Morgan fingerprint density at radius 3 is 2.33 bits per heavy atom. The summed E-state index contributed by atoms with van der Waals surface area (Å²) in [6.07, 6.45) is 4.51. The fourth-order valence-corrected chi connectivity index (χ4v) is 5.71. The van der Waals surface area contributed by atoms with Crippen molar-refractivity contribution < 1.29 is 22.7 Å². The molecule has 13 nitrogen and oxygen atoms in total. The molecular formula is C32H31ClF3N11O2. The number of urea groups is 1. The smallest absolute Gasteiger partial charge is 0.420 e. The van der Waals surface area contributed by atoms with Gasteiger partial charge >= 0.3 is 18.2 Å². The van der Waals surface area contributed by atoms with Crippen LogP contribution in [0.15, 0.2) is 61.3 Å². The third-order valence-corrected chi connectivity index (χ3v) is 8.55. The average Bonchev–Trinajstić information content (AvgIpc) is 3.45. The maximum Gasteiger partial charge on any atom is 0.420 e. The van der Waals surface area contributed by atoms with Gasteiger partial charge in [0.25, 0.3) is 0 Å². The molecule has 1 fully saturated rings. The van der Waals surface area contributed by atoms with Crippen LogP contribution in [0.4, 0.5) is 29.7 Å². The van der Waals surface area contributed by atoms with E-state index in [0.717, 1.165) is 11.8 Å². The molecule has 3 N–H and O–H groups in total. The van der Waals surface area contributed by atoms with Crippen molar-refractivity contribution in [3.05, 3.63) is 83.2 Å². The summed E-state index contributed by atoms with van der Waals surface area (Å²) in [4.78, 5) is 40.8. The predicted octanol–water partition coefficient (Wildman–Crippen LogP) is 6.24. The highest BCUT2D eigenvalue weighted by molar-refractivity contribution is 6.33. The van der Waals surface area contributed by atoms with Crippen LogP contribution in [0, 0.1) is 6.92 Å². The second kappa shape index (κ2) is 14.4. The number of carbonyl (C=O) groups excluding carboxylic acids is 1. The average molecular weight is 694 g/mol. The molecule has 4 heterocycles. The fraction of sp³-hybridized carbons (Fsp3) is 0.312. The van der Waals surface area contributed by atoms with E-state index < -0.39 is 17.4 Å². The van der Waals surface area contributed by atoms with Crippen molar-refractivity contribution in [1.29, 1.82) is 0 Å². The normalized spacial score (nSPS) is 16.2. The highest BCUT2D eigenvalue weighted by Crippen LogP contribution is 2.38. The Morgan fingerprint density at radius 1 is 0.980 bits per heavy atom. The van der Waals surface area contributed by atoms with E-state index in [9.17, 15) is 18.0 Å². The van der Waals surface area contributed by atoms with Gasteiger partial charge in [-0.2, -0.15) is 18.3 Å². The first-order chi connectivity index (χ1) is 23.6. The van der Waals surface area contributed by atoms with Gasteiger partial charge in [-0.3, -0.25) is 15.0 Å². The molecule has 6 rings (SSSR count). The molecule has 17 heteroatoms. The zero-order valence-electron chi connectivity index (χ0n) is 26.4. The number of aromatic nitrogens is 8. The summed E-state index contributed by atoms with van der Waals surface area (Å²) in [6, 6.07) is 9.01. The number of benzene rings is 1. The minimum atomic E-state index is -4.71. The Bertz CT molecular complexity index is 1880. The predicted molar refractivity (Wildman–Crippen MR) is 175 cm³/mol. The summed E-state index contributed by atoms with van der Waals surface area (Å²) >= 11 is 6.24. The molecule has 49 heavy (non-hydrogen) atoms. The van der Waals surface area contributed by atoms with Crippen molar-refractivity contribution in [3.63, 3.8) is 0 Å². The number of carbonyl (C=O) groups is 1. The number of hydrogen-bond donors (Lipinski definition) is 3. The number of alkyl halides is 3. The number of aryl methyl sites for hydroxylation is 1. The lowest BCUT2D eigenvalue weighted by atomic mass is 9.90. The Morgan fingerprint density at radius 2 is 1.71 bits per heavy atom. The Kier molecular flexibility index (Phi) is 9.85. The first-order valence-electron chi connectivity index (χ1n) is 15.3. The van der Waals surface area contributed by atoms with E-state index in [2.05, 4.69) is 50.7 Å². The second-order valence-corrected chi connectivity index (χ2v) is 11.7. The number of hydrogen-bond acceptors (Lipinski definition) is 10. The van der Waals surface area contributed by atoms with Gasteiger partial charge in [-0.05, 0) is 38.2 Å². The summed E-state index contributed by atoms with van der Waals surface area (Å²) in [5, 5.41) is 12.8. The van der Waals surface area contributed by atoms with Crippen LogP contribution in [0.1, 0.15) is 42.5 Å². The molecule has 0 atom stereocenters. The molecule has 0 spiro atoms. The van der Waals surface area contributed by atoms with Gasteiger partial charge in [0.05, 0.1) is 35.9 Å². The SMILES string of the molecule is COc1ncc(-c2cnc(N(C(=O)NCc3ccccc3)C3CCC(Nc4ncc(C(F)(F)F)c(-c5n[nH]c(C)c5Cl)n4)CC3)cn2)cn1. The van der Waals surface area contributed by atoms with Crippen LogP contribution in [0.5, 0.6) is 6.01 Å². The van der Waals surface area contributed by atoms with Crippen molar-refractivity contribution in [3.8, 4) is 28.7 Å². The molecule has 0 radical (unpaired) electrons. The Balaban J connectivity index is 1.19. The van der Waals surface area contributed by atoms with E-state index >= 15 is 0 Å². The van der Waals surface area contributed by atoms with Crippen LogP contribution < -0.4 is 20.3 Å². The molecule has 0 aliphatic heterocycles. The number of amides is 2. The number of nitrogens with zero attached hydrogens (tertiary/aromatic N) is 8. The van der Waals surface area contributed by atoms with E-state index in [4.69, 9.17) is 16.3 Å². The van der Waals surface area contributed by atoms with Crippen LogP contribution in [0.3, 0.4) is 0 Å². The zero-order valence-corrected chi connectivity index (χ0v) is 27.1. The van der Waals surface area contributed by atoms with Crippen molar-refractivity contribution in [1.82, 2.24) is 45.4 Å². The third-order valence-electron chi connectivity index (χ3n) is 8.08. The van der Waals surface area contributed by atoms with Crippen LogP contribution in [-0.4, -0.2) is 65.3 Å². The molecule has 0 bridgehead atoms. The molecule has 5 aromatic rings. The van der Waals surface area contributed by atoms with Crippen LogP contribution in [0.25, 0.3) is 22.6 Å². The molecule has 0 unspecified atom stereocenters. The number of halogens is 4. The van der Waals surface area contributed by atoms with Crippen LogP contribution in [-0.2, 0) is 12.7 Å². The standard InChI is InChI=1S/C32H31ClF3N11O2/c1-18-26(33)28(46-45-18)27-23(32(34,35)36)15-39-29(44-27)43-21-8-10-22(11-9-21)47(31(48)42-12-19-6-4-3-5-7-19)25-17-37-24(16-38-25)20-13-40-30(49-2)41-14-20/h3-7,13-17,21-22H,8-12H2,1-2H3,(H,42,48)(H,45,46)(H,39,43,44). The lowest BCUT2D eigenvalue weighted by Gasteiger charge is -2.36. The van der Waals surface area contributed by atoms with E-state index in [0.29, 0.717) is 55.0 Å². The van der Waals surface area contributed by atoms with Crippen LogP contribution in [0.2, 0.25) is 5.02 Å². The maximum atomic E-state index is 13.8. The minimum Gasteiger partial charge on any atom is -0.467 e. The monoisotopic (exact) mass is 693 g/mol. The number of methoxy groups -OCH3 is 1. The molecule has 1 aliphatic carbocycles. The Hall–Kier alpha value is -5.38. The molecular weight excluding hydrogens is 663 g/mol. The van der Waals surface area contributed by atoms with Gasteiger partial charge in [0.2, 0.25) is 5.95 Å². The second-order valence-electron chi connectivity index (χ2n) is 11.3. The van der Waals surface area contributed by atoms with E-state index in [1.54, 1.807) is 30.4 Å². The van der Waals surface area contributed by atoms with E-state index in [1.807, 2.05) is 30.3 Å². The largest absolute Gasteiger partial charge is 0.467 e. The quantitative estimate of drug-likeness (QED) is 0.161. The first kappa shape index (κ1) is 33.5. The molecule has 0 saturated heterocycles. The summed E-state index contributed by atoms with van der Waals surface area (Å²) in [5.41, 5.74) is 0.937. The lowest BCUT2D eigenvalue weighted by Crippen LogP contribution is -2.49. The van der Waals surface area contributed by atoms with Gasteiger partial charge in [0.15, 0.2) is 5.82 Å². The van der Waals surface area contributed by atoms with Gasteiger partial charge in [0.1, 0.15) is 17.0 Å². The summed E-state index contributed by atoms with van der Waals surface area (Å²) in [5.74, 6) is 0.381. The molecule has 2 amide bonds. The van der Waals surface area contributed by atoms with Gasteiger partial charge in [-0.25, -0.2) is 29.7 Å². The number of ether oxygens (including phenoxy) is 1. The van der Waals surface area contributed by atoms with Gasteiger partial charge in [0, 0.05) is 42.8 Å². The minimum absolute atomic E-state index is 0.0181. The number of aromatic amines is 1. The highest BCUT2D eigenvalue weighted by atomic mass is 35.5. The lowest BCUT2D eigenvalue weighted by molar-refractivity contribution is -0.137.